The van der Waals surface area contributed by atoms with Gasteiger partial charge in [-0.2, -0.15) is 0 Å². The van der Waals surface area contributed by atoms with E-state index in [-0.39, 0.29) is 0 Å². The molecule has 1 heteroatoms. The highest BCUT2D eigenvalue weighted by atomic mass is 14.4. The molecule has 15 heavy (non-hydrogen) atoms. The maximum Gasteiger partial charge on any atom is 0.0572 e. The van der Waals surface area contributed by atoms with Gasteiger partial charge in [-0.05, 0) is 61.3 Å². The summed E-state index contributed by atoms with van der Waals surface area (Å²) in [6.07, 6.45) is 6.59. The average Bonchev–Trinajstić information content (AvgIpc) is 2.22. The van der Waals surface area contributed by atoms with Gasteiger partial charge in [-0.25, -0.2) is 0 Å². The molecule has 0 aromatic carbocycles. The largest absolute Gasteiger partial charge is 0.301 e. The van der Waals surface area contributed by atoms with E-state index in [1.165, 1.54) is 24.0 Å². The van der Waals surface area contributed by atoms with Gasteiger partial charge in [0.25, 0.3) is 0 Å². The second kappa shape index (κ2) is 3.80. The average molecular weight is 201 g/mol. The summed E-state index contributed by atoms with van der Waals surface area (Å²) in [6.45, 7) is 8.50. The molecule has 0 aliphatic heterocycles. The van der Waals surface area contributed by atoms with Crippen molar-refractivity contribution in [1.29, 1.82) is 5.41 Å². The van der Waals surface area contributed by atoms with Crippen LogP contribution in [0, 0.1) is 11.3 Å². The van der Waals surface area contributed by atoms with Crippen LogP contribution in [0.1, 0.15) is 39.5 Å². The molecule has 0 radical (unpaired) electrons. The Balaban J connectivity index is 2.43. The molecule has 0 bridgehead atoms. The highest BCUT2D eigenvalue weighted by molar-refractivity contribution is 6.08. The van der Waals surface area contributed by atoms with E-state index in [1.807, 2.05) is 6.08 Å². The topological polar surface area (TPSA) is 23.9 Å². The van der Waals surface area contributed by atoms with Crippen LogP contribution in [-0.4, -0.2) is 5.71 Å². The SMILES string of the molecule is C=C1CC2=C(C)C(CC)CCC2=CC1=N. The Labute approximate surface area is 92.1 Å². The molecule has 80 valence electrons. The first-order valence-corrected chi connectivity index (χ1v) is 5.80. The predicted octanol–water partition coefficient (Wildman–Crippen LogP) is 4.03. The van der Waals surface area contributed by atoms with Gasteiger partial charge in [0.1, 0.15) is 0 Å². The quantitative estimate of drug-likeness (QED) is 0.662. The standard InChI is InChI=1S/C14H19N/c1-4-11-5-6-12-8-14(15)9(2)7-13(12)10(11)3/h8,11,15H,2,4-7H2,1,3H3. The third-order valence-corrected chi connectivity index (χ3v) is 3.82. The Kier molecular flexibility index (Phi) is 2.64. The molecule has 0 spiro atoms. The summed E-state index contributed by atoms with van der Waals surface area (Å²) in [5.41, 5.74) is 6.04. The number of hydrogen-bond donors (Lipinski definition) is 1. The maximum absolute atomic E-state index is 7.78. The van der Waals surface area contributed by atoms with Gasteiger partial charge in [-0.1, -0.05) is 19.1 Å². The van der Waals surface area contributed by atoms with Crippen LogP contribution < -0.4 is 0 Å². The second-order valence-electron chi connectivity index (χ2n) is 4.67. The number of rotatable bonds is 1. The summed E-state index contributed by atoms with van der Waals surface area (Å²) >= 11 is 0. The van der Waals surface area contributed by atoms with Crippen LogP contribution in [-0.2, 0) is 0 Å². The molecule has 0 heterocycles. The molecule has 1 atom stereocenters. The fraction of sp³-hybridized carbons (Fsp3) is 0.500. The van der Waals surface area contributed by atoms with E-state index in [0.717, 1.165) is 24.3 Å². The molecule has 1 unspecified atom stereocenters. The minimum absolute atomic E-state index is 0.636. The molecule has 0 saturated carbocycles. The van der Waals surface area contributed by atoms with Crippen molar-refractivity contribution in [1.82, 2.24) is 0 Å². The van der Waals surface area contributed by atoms with Crippen molar-refractivity contribution in [3.63, 3.8) is 0 Å². The van der Waals surface area contributed by atoms with E-state index in [9.17, 15) is 0 Å². The summed E-state index contributed by atoms with van der Waals surface area (Å²) < 4.78 is 0. The van der Waals surface area contributed by atoms with Gasteiger partial charge in [-0.15, -0.1) is 0 Å². The predicted molar refractivity (Wildman–Crippen MR) is 65.3 cm³/mol. The van der Waals surface area contributed by atoms with Crippen LogP contribution in [0.25, 0.3) is 0 Å². The first kappa shape index (κ1) is 10.4. The van der Waals surface area contributed by atoms with Crippen LogP contribution in [0.2, 0.25) is 0 Å². The third-order valence-electron chi connectivity index (χ3n) is 3.82. The Hall–Kier alpha value is -1.11. The first-order valence-electron chi connectivity index (χ1n) is 5.80. The molecular formula is C14H19N. The third kappa shape index (κ3) is 1.71. The number of nitrogens with one attached hydrogen (secondary N) is 1. The van der Waals surface area contributed by atoms with Gasteiger partial charge >= 0.3 is 0 Å². The molecule has 2 rings (SSSR count). The van der Waals surface area contributed by atoms with E-state index >= 15 is 0 Å². The molecule has 0 saturated heterocycles. The van der Waals surface area contributed by atoms with Crippen molar-refractivity contribution in [3.8, 4) is 0 Å². The van der Waals surface area contributed by atoms with Crippen LogP contribution in [0.5, 0.6) is 0 Å². The van der Waals surface area contributed by atoms with E-state index in [2.05, 4.69) is 20.4 Å². The smallest absolute Gasteiger partial charge is 0.0572 e. The lowest BCUT2D eigenvalue weighted by molar-refractivity contribution is 0.516. The molecule has 0 aromatic heterocycles. The normalized spacial score (nSPS) is 26.5. The monoisotopic (exact) mass is 201 g/mol. The van der Waals surface area contributed by atoms with Crippen LogP contribution in [0.3, 0.4) is 0 Å². The Morgan fingerprint density at radius 3 is 2.93 bits per heavy atom. The van der Waals surface area contributed by atoms with Crippen molar-refractivity contribution in [3.05, 3.63) is 34.9 Å². The molecule has 1 nitrogen and oxygen atoms in total. The van der Waals surface area contributed by atoms with E-state index in [0.29, 0.717) is 5.71 Å². The molecule has 0 amide bonds. The summed E-state index contributed by atoms with van der Waals surface area (Å²) in [7, 11) is 0. The van der Waals surface area contributed by atoms with Crippen LogP contribution in [0.4, 0.5) is 0 Å². The summed E-state index contributed by atoms with van der Waals surface area (Å²) in [6, 6.07) is 0. The van der Waals surface area contributed by atoms with Gasteiger partial charge in [-0.3, -0.25) is 0 Å². The zero-order valence-corrected chi connectivity index (χ0v) is 9.69. The van der Waals surface area contributed by atoms with Crippen molar-refractivity contribution in [2.75, 3.05) is 0 Å². The molecule has 1 N–H and O–H groups in total. The summed E-state index contributed by atoms with van der Waals surface area (Å²) in [5.74, 6) is 0.761. The Bertz CT molecular complexity index is 382. The van der Waals surface area contributed by atoms with Crippen molar-refractivity contribution in [2.24, 2.45) is 5.92 Å². The lowest BCUT2D eigenvalue weighted by atomic mass is 9.74. The first-order chi connectivity index (χ1) is 7.13. The second-order valence-corrected chi connectivity index (χ2v) is 4.67. The molecular weight excluding hydrogens is 182 g/mol. The lowest BCUT2D eigenvalue weighted by Crippen LogP contribution is -2.17. The van der Waals surface area contributed by atoms with Crippen LogP contribution >= 0.6 is 0 Å². The Morgan fingerprint density at radius 2 is 2.27 bits per heavy atom. The fourth-order valence-corrected chi connectivity index (χ4v) is 2.70. The summed E-state index contributed by atoms with van der Waals surface area (Å²) in [5, 5.41) is 7.78. The van der Waals surface area contributed by atoms with Crippen molar-refractivity contribution in [2.45, 2.75) is 39.5 Å². The van der Waals surface area contributed by atoms with E-state index in [4.69, 9.17) is 5.41 Å². The summed E-state index contributed by atoms with van der Waals surface area (Å²) in [4.78, 5) is 0. The van der Waals surface area contributed by atoms with Gasteiger partial charge in [0.2, 0.25) is 0 Å². The zero-order valence-electron chi connectivity index (χ0n) is 9.69. The molecule has 2 aliphatic carbocycles. The Morgan fingerprint density at radius 1 is 1.53 bits per heavy atom. The van der Waals surface area contributed by atoms with E-state index in [1.54, 1.807) is 5.57 Å². The fourth-order valence-electron chi connectivity index (χ4n) is 2.70. The maximum atomic E-state index is 7.78. The highest BCUT2D eigenvalue weighted by Crippen LogP contribution is 2.40. The van der Waals surface area contributed by atoms with E-state index < -0.39 is 0 Å². The highest BCUT2D eigenvalue weighted by Gasteiger charge is 2.25. The zero-order chi connectivity index (χ0) is 11.0. The van der Waals surface area contributed by atoms with Crippen LogP contribution in [0.15, 0.2) is 34.9 Å². The van der Waals surface area contributed by atoms with Crippen molar-refractivity contribution < 1.29 is 0 Å². The minimum atomic E-state index is 0.636. The molecule has 0 fully saturated rings. The number of fused-ring (bicyclic) bond motifs is 1. The van der Waals surface area contributed by atoms with Gasteiger partial charge in [0.15, 0.2) is 0 Å². The van der Waals surface area contributed by atoms with Crippen molar-refractivity contribution >= 4 is 5.71 Å². The lowest BCUT2D eigenvalue weighted by Gasteiger charge is -2.31. The van der Waals surface area contributed by atoms with Gasteiger partial charge < -0.3 is 5.41 Å². The number of hydrogen-bond acceptors (Lipinski definition) is 1. The number of allylic oxidation sites excluding steroid dienone is 5. The molecule has 0 aromatic rings. The van der Waals surface area contributed by atoms with Gasteiger partial charge in [0, 0.05) is 0 Å². The van der Waals surface area contributed by atoms with Gasteiger partial charge in [0.05, 0.1) is 5.71 Å². The minimum Gasteiger partial charge on any atom is -0.301 e. The molecule has 2 aliphatic rings.